The number of halogens is 1. The number of amides is 1. The Morgan fingerprint density at radius 1 is 1.32 bits per heavy atom. The second-order valence-electron chi connectivity index (χ2n) is 5.04. The Labute approximate surface area is 120 Å². The van der Waals surface area contributed by atoms with Crippen LogP contribution in [-0.2, 0) is 0 Å². The molecule has 1 aliphatic rings. The van der Waals surface area contributed by atoms with Crippen LogP contribution >= 0.6 is 15.9 Å². The monoisotopic (exact) mass is 321 g/mol. The van der Waals surface area contributed by atoms with E-state index in [0.29, 0.717) is 11.7 Å². The molecule has 3 nitrogen and oxygen atoms in total. The summed E-state index contributed by atoms with van der Waals surface area (Å²) >= 11 is 3.51. The summed E-state index contributed by atoms with van der Waals surface area (Å²) in [6.45, 7) is 1.65. The number of rotatable bonds is 2. The molecule has 1 saturated heterocycles. The summed E-state index contributed by atoms with van der Waals surface area (Å²) in [4.78, 5) is 14.3. The van der Waals surface area contributed by atoms with E-state index in [9.17, 15) is 4.79 Å². The number of nitrogens with zero attached hydrogens (tertiary/aromatic N) is 1. The number of likely N-dealkylation sites (tertiary alicyclic amines) is 1. The predicted molar refractivity (Wildman–Crippen MR) is 78.6 cm³/mol. The predicted octanol–water partition coefficient (Wildman–Crippen LogP) is 3.68. The third kappa shape index (κ3) is 2.54. The lowest BCUT2D eigenvalue weighted by Crippen LogP contribution is -2.38. The number of hydrogen-bond donors (Lipinski definition) is 0. The van der Waals surface area contributed by atoms with E-state index < -0.39 is 0 Å². The van der Waals surface area contributed by atoms with E-state index in [-0.39, 0.29) is 5.91 Å². The molecule has 4 heteroatoms. The van der Waals surface area contributed by atoms with Crippen LogP contribution in [0.25, 0.3) is 11.0 Å². The molecular formula is C15H16BrNO2. The third-order valence-electron chi connectivity index (χ3n) is 3.76. The number of fused-ring (bicyclic) bond motifs is 1. The van der Waals surface area contributed by atoms with E-state index in [1.165, 1.54) is 0 Å². The van der Waals surface area contributed by atoms with Gasteiger partial charge in [0.2, 0.25) is 0 Å². The number of benzene rings is 1. The molecular weight excluding hydrogens is 306 g/mol. The number of furan rings is 1. The van der Waals surface area contributed by atoms with E-state index in [4.69, 9.17) is 4.42 Å². The summed E-state index contributed by atoms with van der Waals surface area (Å²) in [7, 11) is 0. The molecule has 0 spiro atoms. The lowest BCUT2D eigenvalue weighted by atomic mass is 9.99. The Balaban J connectivity index is 1.77. The summed E-state index contributed by atoms with van der Waals surface area (Å²) in [5, 5.41) is 2.01. The van der Waals surface area contributed by atoms with Gasteiger partial charge in [0.05, 0.1) is 0 Å². The number of alkyl halides is 1. The molecule has 0 bridgehead atoms. The molecule has 1 fully saturated rings. The van der Waals surface area contributed by atoms with Gasteiger partial charge in [0, 0.05) is 23.8 Å². The molecule has 1 aromatic heterocycles. The quantitative estimate of drug-likeness (QED) is 0.790. The van der Waals surface area contributed by atoms with Crippen molar-refractivity contribution in [2.24, 2.45) is 5.92 Å². The molecule has 0 saturated carbocycles. The van der Waals surface area contributed by atoms with Crippen LogP contribution in [0.2, 0.25) is 0 Å². The van der Waals surface area contributed by atoms with Crippen molar-refractivity contribution in [3.05, 3.63) is 36.1 Å². The molecule has 1 aromatic carbocycles. The van der Waals surface area contributed by atoms with Crippen LogP contribution in [0.3, 0.4) is 0 Å². The van der Waals surface area contributed by atoms with Crippen molar-refractivity contribution < 1.29 is 9.21 Å². The van der Waals surface area contributed by atoms with Crippen LogP contribution in [0.5, 0.6) is 0 Å². The van der Waals surface area contributed by atoms with Crippen LogP contribution in [0.15, 0.2) is 34.7 Å². The van der Waals surface area contributed by atoms with E-state index in [1.54, 1.807) is 0 Å². The average molecular weight is 322 g/mol. The van der Waals surface area contributed by atoms with E-state index in [1.807, 2.05) is 35.2 Å². The van der Waals surface area contributed by atoms with Crippen molar-refractivity contribution in [3.8, 4) is 0 Å². The van der Waals surface area contributed by atoms with Crippen LogP contribution in [0.4, 0.5) is 0 Å². The maximum atomic E-state index is 12.4. The zero-order valence-corrected chi connectivity index (χ0v) is 12.2. The lowest BCUT2D eigenvalue weighted by Gasteiger charge is -2.30. The zero-order valence-electron chi connectivity index (χ0n) is 10.6. The molecule has 1 aliphatic heterocycles. The first-order chi connectivity index (χ1) is 9.28. The van der Waals surface area contributed by atoms with Crippen LogP contribution < -0.4 is 0 Å². The first-order valence-corrected chi connectivity index (χ1v) is 7.74. The molecule has 1 amide bonds. The Hall–Kier alpha value is -1.29. The first-order valence-electron chi connectivity index (χ1n) is 6.62. The van der Waals surface area contributed by atoms with Gasteiger partial charge in [-0.1, -0.05) is 34.1 Å². The minimum atomic E-state index is 0.0178. The fourth-order valence-electron chi connectivity index (χ4n) is 2.53. The highest BCUT2D eigenvalue weighted by Crippen LogP contribution is 2.23. The van der Waals surface area contributed by atoms with Crippen LogP contribution in [0.1, 0.15) is 23.4 Å². The van der Waals surface area contributed by atoms with Gasteiger partial charge >= 0.3 is 0 Å². The Morgan fingerprint density at radius 2 is 2.05 bits per heavy atom. The van der Waals surface area contributed by atoms with Crippen molar-refractivity contribution >= 4 is 32.8 Å². The lowest BCUT2D eigenvalue weighted by molar-refractivity contribution is 0.0669. The van der Waals surface area contributed by atoms with Crippen molar-refractivity contribution in [1.82, 2.24) is 4.90 Å². The van der Waals surface area contributed by atoms with Gasteiger partial charge in [0.1, 0.15) is 5.58 Å². The fraction of sp³-hybridized carbons (Fsp3) is 0.400. The number of carbonyl (C=O) groups is 1. The zero-order chi connectivity index (χ0) is 13.2. The molecule has 100 valence electrons. The fourth-order valence-corrected chi connectivity index (χ4v) is 3.18. The second-order valence-corrected chi connectivity index (χ2v) is 5.69. The van der Waals surface area contributed by atoms with Crippen molar-refractivity contribution in [1.29, 1.82) is 0 Å². The van der Waals surface area contributed by atoms with E-state index >= 15 is 0 Å². The Kier molecular flexibility index (Phi) is 3.60. The second kappa shape index (κ2) is 5.37. The topological polar surface area (TPSA) is 33.5 Å². The summed E-state index contributed by atoms with van der Waals surface area (Å²) in [5.74, 6) is 1.17. The van der Waals surface area contributed by atoms with Gasteiger partial charge in [-0.15, -0.1) is 0 Å². The van der Waals surface area contributed by atoms with Gasteiger partial charge in [0.15, 0.2) is 5.76 Å². The molecule has 0 radical (unpaired) electrons. The van der Waals surface area contributed by atoms with Crippen LogP contribution in [-0.4, -0.2) is 29.2 Å². The van der Waals surface area contributed by atoms with Gasteiger partial charge in [0.25, 0.3) is 5.91 Å². The van der Waals surface area contributed by atoms with Crippen molar-refractivity contribution in [2.75, 3.05) is 18.4 Å². The molecule has 3 rings (SSSR count). The highest BCUT2D eigenvalue weighted by molar-refractivity contribution is 9.09. The van der Waals surface area contributed by atoms with E-state index in [0.717, 1.165) is 42.2 Å². The molecule has 0 N–H and O–H groups in total. The molecule has 0 unspecified atom stereocenters. The van der Waals surface area contributed by atoms with Gasteiger partial charge < -0.3 is 9.32 Å². The summed E-state index contributed by atoms with van der Waals surface area (Å²) < 4.78 is 5.64. The number of carbonyl (C=O) groups excluding carboxylic acids is 1. The molecule has 0 atom stereocenters. The third-order valence-corrected chi connectivity index (χ3v) is 4.67. The Bertz CT molecular complexity index is 552. The van der Waals surface area contributed by atoms with Crippen molar-refractivity contribution in [2.45, 2.75) is 12.8 Å². The standard InChI is InChI=1S/C15H16BrNO2/c16-10-11-5-7-17(8-6-11)15(18)14-9-12-3-1-2-4-13(12)19-14/h1-4,9,11H,5-8,10H2. The van der Waals surface area contributed by atoms with Gasteiger partial charge in [-0.25, -0.2) is 0 Å². The first kappa shape index (κ1) is 12.7. The maximum absolute atomic E-state index is 12.4. The summed E-state index contributed by atoms with van der Waals surface area (Å²) in [6.07, 6.45) is 2.13. The maximum Gasteiger partial charge on any atom is 0.289 e. The molecule has 2 heterocycles. The summed E-state index contributed by atoms with van der Waals surface area (Å²) in [5.41, 5.74) is 0.779. The smallest absolute Gasteiger partial charge is 0.289 e. The number of hydrogen-bond acceptors (Lipinski definition) is 2. The number of piperidine rings is 1. The van der Waals surface area contributed by atoms with Crippen molar-refractivity contribution in [3.63, 3.8) is 0 Å². The molecule has 19 heavy (non-hydrogen) atoms. The minimum absolute atomic E-state index is 0.0178. The molecule has 2 aromatic rings. The largest absolute Gasteiger partial charge is 0.451 e. The van der Waals surface area contributed by atoms with Gasteiger partial charge in [-0.3, -0.25) is 4.79 Å². The minimum Gasteiger partial charge on any atom is -0.451 e. The SMILES string of the molecule is O=C(c1cc2ccccc2o1)N1CCC(CBr)CC1. The Morgan fingerprint density at radius 3 is 2.74 bits per heavy atom. The molecule has 0 aliphatic carbocycles. The normalized spacial score (nSPS) is 17.0. The van der Waals surface area contributed by atoms with Gasteiger partial charge in [-0.05, 0) is 30.9 Å². The van der Waals surface area contributed by atoms with Gasteiger partial charge in [-0.2, -0.15) is 0 Å². The van der Waals surface area contributed by atoms with E-state index in [2.05, 4.69) is 15.9 Å². The number of para-hydroxylation sites is 1. The average Bonchev–Trinajstić information content (AvgIpc) is 2.90. The highest BCUT2D eigenvalue weighted by atomic mass is 79.9. The van der Waals surface area contributed by atoms with Crippen LogP contribution in [0, 0.1) is 5.92 Å². The highest BCUT2D eigenvalue weighted by Gasteiger charge is 2.25. The summed E-state index contributed by atoms with van der Waals surface area (Å²) in [6, 6.07) is 9.57.